The fourth-order valence-corrected chi connectivity index (χ4v) is 8.97. The molecule has 0 unspecified atom stereocenters. The zero-order valence-electron chi connectivity index (χ0n) is 36.5. The minimum absolute atomic E-state index is 0.451. The zero-order valence-corrected chi connectivity index (χ0v) is 36.5. The molecule has 0 saturated carbocycles. The van der Waals surface area contributed by atoms with Crippen LogP contribution in [0.3, 0.4) is 0 Å². The second-order valence-electron chi connectivity index (χ2n) is 16.3. The lowest BCUT2D eigenvalue weighted by atomic mass is 9.97. The Hall–Kier alpha value is -9.87. The molecule has 0 N–H and O–H groups in total. The van der Waals surface area contributed by atoms with Gasteiger partial charge in [-0.05, 0) is 118 Å². The van der Waals surface area contributed by atoms with Crippen molar-refractivity contribution in [2.75, 3.05) is 4.90 Å². The minimum atomic E-state index is 0.451. The van der Waals surface area contributed by atoms with E-state index in [-0.39, 0.29) is 0 Å². The van der Waals surface area contributed by atoms with Gasteiger partial charge in [-0.3, -0.25) is 0 Å². The van der Waals surface area contributed by atoms with Crippen molar-refractivity contribution in [3.05, 3.63) is 259 Å². The van der Waals surface area contributed by atoms with E-state index in [0.29, 0.717) is 39.8 Å². The maximum atomic E-state index is 8.23. The number of fused-ring (bicyclic) bond motifs is 3. The molecule has 0 radical (unpaired) electrons. The summed E-state index contributed by atoms with van der Waals surface area (Å²) >= 11 is 0. The number of anilines is 3. The van der Waals surface area contributed by atoms with E-state index in [1.165, 1.54) is 10.8 Å². The number of benzene rings is 9. The summed E-state index contributed by atoms with van der Waals surface area (Å²) in [7, 11) is 0. The molecule has 2 heterocycles. The second kappa shape index (κ2) is 17.6. The van der Waals surface area contributed by atoms with E-state index in [2.05, 4.69) is 164 Å². The lowest BCUT2D eigenvalue weighted by Gasteiger charge is -2.25. The maximum absolute atomic E-state index is 8.23. The largest absolute Gasteiger partial charge is 0.310 e. The third kappa shape index (κ3) is 7.67. The van der Waals surface area contributed by atoms with Gasteiger partial charge >= 0.3 is 0 Å². The van der Waals surface area contributed by atoms with Crippen molar-refractivity contribution in [1.82, 2.24) is 14.5 Å². The van der Waals surface area contributed by atoms with E-state index in [0.717, 1.165) is 67.2 Å². The van der Waals surface area contributed by atoms with E-state index in [1.807, 2.05) is 60.7 Å². The molecular formula is C61H37N7. The summed E-state index contributed by atoms with van der Waals surface area (Å²) in [6, 6.07) is 75.7. The molecule has 2 aromatic heterocycles. The van der Waals surface area contributed by atoms with Crippen molar-refractivity contribution >= 4 is 55.9 Å². The SMILES string of the molecule is [C-]#[N+]c1cccc(-c2cc(-c3ccc(-c4ccc(-c5ccc(-n6c7ccccc7c7cc(N(c8ccccc8)c8ccccc8)ccc76)cc5)cc4)c([N+]#[C-])c3)nc(-c3cccc([N+]#[C-])c3)n2)c1. The Morgan fingerprint density at radius 1 is 0.368 bits per heavy atom. The van der Waals surface area contributed by atoms with E-state index in [1.54, 1.807) is 24.3 Å². The summed E-state index contributed by atoms with van der Waals surface area (Å²) in [5.74, 6) is 0.451. The maximum Gasteiger partial charge on any atom is 0.195 e. The van der Waals surface area contributed by atoms with Crippen LogP contribution in [0.5, 0.6) is 0 Å². The smallest absolute Gasteiger partial charge is 0.195 e. The molecule has 7 heteroatoms. The average Bonchev–Trinajstić information content (AvgIpc) is 3.75. The highest BCUT2D eigenvalue weighted by Crippen LogP contribution is 2.41. The van der Waals surface area contributed by atoms with E-state index >= 15 is 0 Å². The Morgan fingerprint density at radius 2 is 0.912 bits per heavy atom. The third-order valence-electron chi connectivity index (χ3n) is 12.2. The van der Waals surface area contributed by atoms with E-state index < -0.39 is 0 Å². The highest BCUT2D eigenvalue weighted by atomic mass is 15.1. The van der Waals surface area contributed by atoms with Gasteiger partial charge in [0.15, 0.2) is 22.9 Å². The van der Waals surface area contributed by atoms with Crippen LogP contribution in [0.4, 0.5) is 34.1 Å². The van der Waals surface area contributed by atoms with Crippen LogP contribution >= 0.6 is 0 Å². The van der Waals surface area contributed by atoms with Gasteiger partial charge in [0.1, 0.15) is 0 Å². The lowest BCUT2D eigenvalue weighted by molar-refractivity contribution is 1.18. The van der Waals surface area contributed by atoms with Crippen LogP contribution in [0.1, 0.15) is 0 Å². The summed E-state index contributed by atoms with van der Waals surface area (Å²) in [5, 5.41) is 2.37. The van der Waals surface area contributed by atoms with Crippen LogP contribution in [0.2, 0.25) is 0 Å². The summed E-state index contributed by atoms with van der Waals surface area (Å²) in [5.41, 5.74) is 15.5. The summed E-state index contributed by atoms with van der Waals surface area (Å²) in [6.45, 7) is 23.3. The van der Waals surface area contributed by atoms with Gasteiger partial charge in [-0.15, -0.1) is 0 Å². The van der Waals surface area contributed by atoms with Crippen molar-refractivity contribution in [3.63, 3.8) is 0 Å². The molecule has 0 saturated heterocycles. The van der Waals surface area contributed by atoms with Crippen LogP contribution in [0.15, 0.2) is 224 Å². The molecule has 0 aliphatic carbocycles. The van der Waals surface area contributed by atoms with Gasteiger partial charge < -0.3 is 9.47 Å². The number of hydrogen-bond donors (Lipinski definition) is 0. The molecule has 0 aliphatic rings. The molecule has 68 heavy (non-hydrogen) atoms. The van der Waals surface area contributed by atoms with Gasteiger partial charge in [0, 0.05) is 39.1 Å². The Bertz CT molecular complexity index is 3700. The Labute approximate surface area is 394 Å². The van der Waals surface area contributed by atoms with Crippen LogP contribution in [-0.4, -0.2) is 14.5 Å². The molecule has 0 bridgehead atoms. The van der Waals surface area contributed by atoms with Gasteiger partial charge in [-0.2, -0.15) is 0 Å². The molecule has 316 valence electrons. The van der Waals surface area contributed by atoms with Crippen LogP contribution in [-0.2, 0) is 0 Å². The van der Waals surface area contributed by atoms with Gasteiger partial charge in [0.25, 0.3) is 0 Å². The van der Waals surface area contributed by atoms with Crippen LogP contribution in [0.25, 0.3) is 98.2 Å². The zero-order chi connectivity index (χ0) is 46.0. The molecule has 0 spiro atoms. The second-order valence-corrected chi connectivity index (χ2v) is 16.3. The molecule has 11 aromatic rings. The van der Waals surface area contributed by atoms with E-state index in [4.69, 9.17) is 29.7 Å². The Balaban J connectivity index is 0.898. The molecule has 0 aliphatic heterocycles. The molecule has 9 aromatic carbocycles. The van der Waals surface area contributed by atoms with Gasteiger partial charge in [0.2, 0.25) is 0 Å². The number of para-hydroxylation sites is 3. The summed E-state index contributed by atoms with van der Waals surface area (Å²) in [4.78, 5) is 23.3. The number of hydrogen-bond acceptors (Lipinski definition) is 3. The van der Waals surface area contributed by atoms with Crippen LogP contribution in [0, 0.1) is 19.7 Å². The molecule has 7 nitrogen and oxygen atoms in total. The highest BCUT2D eigenvalue weighted by Gasteiger charge is 2.18. The first-order valence-corrected chi connectivity index (χ1v) is 22.1. The third-order valence-corrected chi connectivity index (χ3v) is 12.2. The monoisotopic (exact) mass is 867 g/mol. The Morgan fingerprint density at radius 3 is 1.56 bits per heavy atom. The predicted molar refractivity (Wildman–Crippen MR) is 277 cm³/mol. The fourth-order valence-electron chi connectivity index (χ4n) is 8.97. The molecule has 11 rings (SSSR count). The summed E-state index contributed by atoms with van der Waals surface area (Å²) < 4.78 is 2.34. The topological polar surface area (TPSA) is 47.0 Å². The average molecular weight is 868 g/mol. The molecule has 0 atom stereocenters. The number of aromatic nitrogens is 3. The standard InChI is InChI=1S/C61H37N7/c1-62-47-16-12-14-44(36-47)56-40-57(66-61(65-56)46-15-13-17-48(37-46)63-2)45-30-34-53(58(38-45)64-3)43-26-24-41(25-27-43)42-28-31-51(32-29-42)68-59-23-11-10-22-54(59)55-39-52(33-35-60(55)68)67(49-18-6-4-7-19-49)50-20-8-5-9-21-50/h4-40H. The molecular weight excluding hydrogens is 831 g/mol. The highest BCUT2D eigenvalue weighted by molar-refractivity contribution is 6.10. The number of rotatable bonds is 9. The van der Waals surface area contributed by atoms with Crippen molar-refractivity contribution in [2.24, 2.45) is 0 Å². The van der Waals surface area contributed by atoms with Gasteiger partial charge in [-0.25, -0.2) is 24.5 Å². The predicted octanol–water partition coefficient (Wildman–Crippen LogP) is 17.0. The first-order chi connectivity index (χ1) is 33.5. The van der Waals surface area contributed by atoms with E-state index in [9.17, 15) is 0 Å². The van der Waals surface area contributed by atoms with Crippen LogP contribution < -0.4 is 4.90 Å². The van der Waals surface area contributed by atoms with Crippen molar-refractivity contribution in [2.45, 2.75) is 0 Å². The quantitative estimate of drug-likeness (QED) is 0.136. The first-order valence-electron chi connectivity index (χ1n) is 22.1. The number of nitrogens with zero attached hydrogens (tertiary/aromatic N) is 7. The summed E-state index contributed by atoms with van der Waals surface area (Å²) in [6.07, 6.45) is 0. The van der Waals surface area contributed by atoms with Crippen molar-refractivity contribution < 1.29 is 0 Å². The molecule has 0 fully saturated rings. The normalized spacial score (nSPS) is 10.9. The lowest BCUT2D eigenvalue weighted by Crippen LogP contribution is -2.09. The van der Waals surface area contributed by atoms with Gasteiger partial charge in [-0.1, -0.05) is 140 Å². The van der Waals surface area contributed by atoms with Crippen molar-refractivity contribution in [1.29, 1.82) is 0 Å². The van der Waals surface area contributed by atoms with Crippen molar-refractivity contribution in [3.8, 4) is 61.8 Å². The molecule has 0 amide bonds. The Kier molecular flexibility index (Phi) is 10.6. The minimum Gasteiger partial charge on any atom is -0.310 e. The fraction of sp³-hybridized carbons (Fsp3) is 0. The first kappa shape index (κ1) is 40.9. The van der Waals surface area contributed by atoms with Gasteiger partial charge in [0.05, 0.1) is 42.1 Å².